The first-order chi connectivity index (χ1) is 8.10. The number of benzene rings is 1. The fourth-order valence-electron chi connectivity index (χ4n) is 1.94. The summed E-state index contributed by atoms with van der Waals surface area (Å²) < 4.78 is 0. The van der Waals surface area contributed by atoms with E-state index in [9.17, 15) is 0 Å². The van der Waals surface area contributed by atoms with Crippen LogP contribution in [0.1, 0.15) is 37.8 Å². The maximum Gasteiger partial charge on any atom is 0.124 e. The number of unbranched alkanes of at least 4 members (excludes halogenated alkanes) is 1. The Balaban J connectivity index is 3.05. The van der Waals surface area contributed by atoms with Crippen LogP contribution >= 0.6 is 0 Å². The van der Waals surface area contributed by atoms with Crippen LogP contribution in [0.3, 0.4) is 0 Å². The standard InChI is InChI=1S/C14H23N3/c1-4-6-9-17(5-2)13-8-7-11(3)10-12(13)14(15)16/h7-8,10H,4-6,9H2,1-3H3,(H3,15,16). The van der Waals surface area contributed by atoms with Gasteiger partial charge in [-0.15, -0.1) is 0 Å². The van der Waals surface area contributed by atoms with Gasteiger partial charge in [0.25, 0.3) is 0 Å². The van der Waals surface area contributed by atoms with Crippen molar-refractivity contribution in [1.29, 1.82) is 5.41 Å². The maximum atomic E-state index is 7.67. The number of hydrogen-bond acceptors (Lipinski definition) is 2. The third-order valence-corrected chi connectivity index (χ3v) is 2.95. The zero-order valence-corrected chi connectivity index (χ0v) is 11.1. The topological polar surface area (TPSA) is 53.1 Å². The van der Waals surface area contributed by atoms with Gasteiger partial charge in [0.15, 0.2) is 0 Å². The monoisotopic (exact) mass is 233 g/mol. The highest BCUT2D eigenvalue weighted by atomic mass is 15.1. The van der Waals surface area contributed by atoms with E-state index in [1.807, 2.05) is 13.0 Å². The summed E-state index contributed by atoms with van der Waals surface area (Å²) in [6.07, 6.45) is 2.34. The van der Waals surface area contributed by atoms with E-state index in [-0.39, 0.29) is 5.84 Å². The van der Waals surface area contributed by atoms with Crippen molar-refractivity contribution in [1.82, 2.24) is 0 Å². The molecule has 1 aromatic carbocycles. The van der Waals surface area contributed by atoms with Crippen LogP contribution in [0, 0.1) is 12.3 Å². The third-order valence-electron chi connectivity index (χ3n) is 2.95. The van der Waals surface area contributed by atoms with Crippen LogP contribution in [0.2, 0.25) is 0 Å². The molecule has 0 bridgehead atoms. The zero-order chi connectivity index (χ0) is 12.8. The van der Waals surface area contributed by atoms with Gasteiger partial charge in [0.2, 0.25) is 0 Å². The quantitative estimate of drug-likeness (QED) is 0.586. The molecule has 3 heteroatoms. The van der Waals surface area contributed by atoms with Crippen molar-refractivity contribution in [2.75, 3.05) is 18.0 Å². The fourth-order valence-corrected chi connectivity index (χ4v) is 1.94. The van der Waals surface area contributed by atoms with Crippen LogP contribution in [0.5, 0.6) is 0 Å². The van der Waals surface area contributed by atoms with Gasteiger partial charge >= 0.3 is 0 Å². The Bertz CT molecular complexity index is 385. The van der Waals surface area contributed by atoms with E-state index in [1.54, 1.807) is 0 Å². The van der Waals surface area contributed by atoms with Crippen LogP contribution < -0.4 is 10.6 Å². The minimum Gasteiger partial charge on any atom is -0.384 e. The molecule has 0 aliphatic rings. The summed E-state index contributed by atoms with van der Waals surface area (Å²) in [7, 11) is 0. The smallest absolute Gasteiger partial charge is 0.124 e. The molecule has 0 saturated carbocycles. The van der Waals surface area contributed by atoms with E-state index in [2.05, 4.69) is 30.9 Å². The minimum absolute atomic E-state index is 0.152. The Hall–Kier alpha value is -1.51. The first-order valence-corrected chi connectivity index (χ1v) is 6.30. The number of nitrogens with zero attached hydrogens (tertiary/aromatic N) is 1. The van der Waals surface area contributed by atoms with Gasteiger partial charge in [0.05, 0.1) is 0 Å². The predicted octanol–water partition coefficient (Wildman–Crippen LogP) is 2.91. The van der Waals surface area contributed by atoms with Crippen LogP contribution in [-0.2, 0) is 0 Å². The normalized spacial score (nSPS) is 10.3. The van der Waals surface area contributed by atoms with Gasteiger partial charge in [-0.25, -0.2) is 0 Å². The molecular formula is C14H23N3. The zero-order valence-electron chi connectivity index (χ0n) is 11.1. The lowest BCUT2D eigenvalue weighted by atomic mass is 10.1. The second-order valence-corrected chi connectivity index (χ2v) is 4.37. The van der Waals surface area contributed by atoms with Crippen LogP contribution in [0.25, 0.3) is 0 Å². The molecule has 0 aliphatic heterocycles. The van der Waals surface area contributed by atoms with Crippen LogP contribution in [-0.4, -0.2) is 18.9 Å². The summed E-state index contributed by atoms with van der Waals surface area (Å²) in [5.74, 6) is 0.152. The lowest BCUT2D eigenvalue weighted by Crippen LogP contribution is -2.27. The molecule has 0 fully saturated rings. The van der Waals surface area contributed by atoms with Gasteiger partial charge in [0.1, 0.15) is 5.84 Å². The van der Waals surface area contributed by atoms with Crippen molar-refractivity contribution in [3.63, 3.8) is 0 Å². The molecule has 3 N–H and O–H groups in total. The lowest BCUT2D eigenvalue weighted by Gasteiger charge is -2.25. The number of nitrogen functional groups attached to an aromatic ring is 1. The summed E-state index contributed by atoms with van der Waals surface area (Å²) in [5.41, 5.74) is 8.74. The maximum absolute atomic E-state index is 7.67. The van der Waals surface area contributed by atoms with Gasteiger partial charge in [0, 0.05) is 24.3 Å². The summed E-state index contributed by atoms with van der Waals surface area (Å²) in [6, 6.07) is 6.15. The molecule has 0 aromatic heterocycles. The van der Waals surface area contributed by atoms with Crippen molar-refractivity contribution in [2.24, 2.45) is 5.73 Å². The molecule has 94 valence electrons. The molecule has 1 rings (SSSR count). The van der Waals surface area contributed by atoms with Crippen molar-refractivity contribution >= 4 is 11.5 Å². The van der Waals surface area contributed by atoms with Gasteiger partial charge in [-0.05, 0) is 32.4 Å². The molecule has 3 nitrogen and oxygen atoms in total. The second-order valence-electron chi connectivity index (χ2n) is 4.37. The number of hydrogen-bond donors (Lipinski definition) is 2. The molecule has 17 heavy (non-hydrogen) atoms. The third kappa shape index (κ3) is 3.48. The molecule has 0 heterocycles. The largest absolute Gasteiger partial charge is 0.384 e. The highest BCUT2D eigenvalue weighted by Gasteiger charge is 2.11. The molecule has 0 unspecified atom stereocenters. The van der Waals surface area contributed by atoms with Crippen molar-refractivity contribution in [2.45, 2.75) is 33.6 Å². The predicted molar refractivity (Wildman–Crippen MR) is 75.0 cm³/mol. The molecule has 0 atom stereocenters. The Labute approximate surface area is 104 Å². The van der Waals surface area contributed by atoms with Crippen molar-refractivity contribution < 1.29 is 0 Å². The molecular weight excluding hydrogens is 210 g/mol. The Kier molecular flexibility index (Phi) is 5.01. The number of aryl methyl sites for hydroxylation is 1. The summed E-state index contributed by atoms with van der Waals surface area (Å²) in [4.78, 5) is 2.29. The van der Waals surface area contributed by atoms with Gasteiger partial charge < -0.3 is 10.6 Å². The molecule has 0 spiro atoms. The Morgan fingerprint density at radius 3 is 2.59 bits per heavy atom. The molecule has 1 aromatic rings. The second kappa shape index (κ2) is 6.28. The first kappa shape index (κ1) is 13.6. The average Bonchev–Trinajstić information content (AvgIpc) is 2.31. The summed E-state index contributed by atoms with van der Waals surface area (Å²) in [5, 5.41) is 7.67. The SMILES string of the molecule is CCCCN(CC)c1ccc(C)cc1C(=N)N. The van der Waals surface area contributed by atoms with E-state index in [0.717, 1.165) is 29.9 Å². The minimum atomic E-state index is 0.152. The number of rotatable bonds is 6. The van der Waals surface area contributed by atoms with Gasteiger partial charge in [-0.1, -0.05) is 25.0 Å². The number of nitrogens with two attached hydrogens (primary N) is 1. The molecule has 0 radical (unpaired) electrons. The van der Waals surface area contributed by atoms with E-state index in [0.29, 0.717) is 0 Å². The number of amidine groups is 1. The summed E-state index contributed by atoms with van der Waals surface area (Å²) in [6.45, 7) is 8.33. The van der Waals surface area contributed by atoms with E-state index < -0.39 is 0 Å². The van der Waals surface area contributed by atoms with E-state index >= 15 is 0 Å². The lowest BCUT2D eigenvalue weighted by molar-refractivity contribution is 0.731. The fraction of sp³-hybridized carbons (Fsp3) is 0.500. The molecule has 0 amide bonds. The van der Waals surface area contributed by atoms with Crippen LogP contribution in [0.15, 0.2) is 18.2 Å². The highest BCUT2D eigenvalue weighted by molar-refractivity contribution is 6.00. The summed E-state index contributed by atoms with van der Waals surface area (Å²) >= 11 is 0. The average molecular weight is 233 g/mol. The van der Waals surface area contributed by atoms with Gasteiger partial charge in [-0.3, -0.25) is 5.41 Å². The Morgan fingerprint density at radius 2 is 2.06 bits per heavy atom. The number of anilines is 1. The highest BCUT2D eigenvalue weighted by Crippen LogP contribution is 2.22. The van der Waals surface area contributed by atoms with E-state index in [1.165, 1.54) is 12.8 Å². The van der Waals surface area contributed by atoms with Crippen molar-refractivity contribution in [3.8, 4) is 0 Å². The van der Waals surface area contributed by atoms with Crippen LogP contribution in [0.4, 0.5) is 5.69 Å². The number of nitrogens with one attached hydrogen (secondary N) is 1. The first-order valence-electron chi connectivity index (χ1n) is 6.30. The van der Waals surface area contributed by atoms with Crippen molar-refractivity contribution in [3.05, 3.63) is 29.3 Å². The Morgan fingerprint density at radius 1 is 1.35 bits per heavy atom. The molecule has 0 saturated heterocycles. The van der Waals surface area contributed by atoms with E-state index in [4.69, 9.17) is 11.1 Å². The molecule has 0 aliphatic carbocycles. The van der Waals surface area contributed by atoms with Gasteiger partial charge in [-0.2, -0.15) is 0 Å².